The molecule has 136 valence electrons. The number of aromatic nitrogens is 6. The van der Waals surface area contributed by atoms with Crippen LogP contribution in [0.3, 0.4) is 0 Å². The predicted molar refractivity (Wildman–Crippen MR) is 95.1 cm³/mol. The summed E-state index contributed by atoms with van der Waals surface area (Å²) in [7, 11) is -3.71. The van der Waals surface area contributed by atoms with Crippen molar-refractivity contribution in [1.82, 2.24) is 29.5 Å². The zero-order valence-corrected chi connectivity index (χ0v) is 14.5. The molecular weight excluding hydrogens is 370 g/mol. The van der Waals surface area contributed by atoms with Crippen molar-refractivity contribution in [2.75, 3.05) is 4.72 Å². The molecule has 4 rings (SSSR count). The van der Waals surface area contributed by atoms with Crippen molar-refractivity contribution >= 4 is 15.7 Å². The van der Waals surface area contributed by atoms with Gasteiger partial charge in [-0.1, -0.05) is 0 Å². The number of aromatic amines is 1. The van der Waals surface area contributed by atoms with Gasteiger partial charge < -0.3 is 9.72 Å². The number of hydrogen-bond donors (Lipinski definition) is 2. The van der Waals surface area contributed by atoms with Crippen LogP contribution in [0.2, 0.25) is 0 Å². The number of benzene rings is 1. The average molecular weight is 383 g/mol. The lowest BCUT2D eigenvalue weighted by atomic mass is 10.3. The number of ether oxygens (including phenoxy) is 1. The maximum Gasteiger partial charge on any atom is 0.278 e. The zero-order chi connectivity index (χ0) is 18.7. The van der Waals surface area contributed by atoms with E-state index in [9.17, 15) is 8.42 Å². The minimum absolute atomic E-state index is 0.0177. The molecule has 27 heavy (non-hydrogen) atoms. The highest BCUT2D eigenvalue weighted by molar-refractivity contribution is 7.92. The van der Waals surface area contributed by atoms with E-state index in [1.807, 2.05) is 0 Å². The van der Waals surface area contributed by atoms with Crippen LogP contribution in [0, 0.1) is 0 Å². The SMILES string of the molecule is O=S(=O)(Nc1ccc(Oc2cc(-n3ccnc3)ncn2)cc1)c1cnc[nH]1. The van der Waals surface area contributed by atoms with Crippen molar-refractivity contribution in [1.29, 1.82) is 0 Å². The van der Waals surface area contributed by atoms with E-state index in [0.29, 0.717) is 23.1 Å². The molecule has 1 aromatic carbocycles. The fourth-order valence-corrected chi connectivity index (χ4v) is 3.20. The third-order valence-corrected chi connectivity index (χ3v) is 4.79. The van der Waals surface area contributed by atoms with E-state index < -0.39 is 10.0 Å². The number of sulfonamides is 1. The second-order valence-corrected chi connectivity index (χ2v) is 6.98. The van der Waals surface area contributed by atoms with Gasteiger partial charge in [-0.3, -0.25) is 9.29 Å². The first kappa shape index (κ1) is 16.7. The van der Waals surface area contributed by atoms with E-state index in [1.165, 1.54) is 18.9 Å². The molecule has 0 aliphatic carbocycles. The van der Waals surface area contributed by atoms with Crippen LogP contribution in [0.5, 0.6) is 11.6 Å². The molecule has 0 saturated carbocycles. The van der Waals surface area contributed by atoms with Gasteiger partial charge in [-0.25, -0.2) is 19.9 Å². The Hall–Kier alpha value is -3.73. The summed E-state index contributed by atoms with van der Waals surface area (Å²) in [4.78, 5) is 18.4. The van der Waals surface area contributed by atoms with E-state index in [0.717, 1.165) is 0 Å². The highest BCUT2D eigenvalue weighted by Crippen LogP contribution is 2.23. The van der Waals surface area contributed by atoms with Crippen molar-refractivity contribution in [3.63, 3.8) is 0 Å². The lowest BCUT2D eigenvalue weighted by Gasteiger charge is -2.09. The first-order valence-electron chi connectivity index (χ1n) is 7.70. The highest BCUT2D eigenvalue weighted by atomic mass is 32.2. The second kappa shape index (κ2) is 6.88. The number of rotatable bonds is 6. The number of anilines is 1. The molecule has 0 unspecified atom stereocenters. The van der Waals surface area contributed by atoms with Crippen molar-refractivity contribution in [2.24, 2.45) is 0 Å². The van der Waals surface area contributed by atoms with E-state index in [1.54, 1.807) is 53.6 Å². The van der Waals surface area contributed by atoms with E-state index in [4.69, 9.17) is 4.74 Å². The topological polar surface area (TPSA) is 128 Å². The van der Waals surface area contributed by atoms with Crippen molar-refractivity contribution in [3.05, 3.63) is 67.9 Å². The number of nitrogens with one attached hydrogen (secondary N) is 2. The molecule has 11 heteroatoms. The third-order valence-electron chi connectivity index (χ3n) is 3.49. The first-order chi connectivity index (χ1) is 13.1. The van der Waals surface area contributed by atoms with Gasteiger partial charge in [-0.05, 0) is 24.3 Å². The van der Waals surface area contributed by atoms with Gasteiger partial charge in [-0.2, -0.15) is 8.42 Å². The minimum Gasteiger partial charge on any atom is -0.439 e. The molecule has 0 radical (unpaired) electrons. The Kier molecular flexibility index (Phi) is 4.26. The van der Waals surface area contributed by atoms with Crippen LogP contribution in [-0.4, -0.2) is 37.9 Å². The Morgan fingerprint density at radius 3 is 2.67 bits per heavy atom. The van der Waals surface area contributed by atoms with Crippen LogP contribution in [0.4, 0.5) is 5.69 Å². The predicted octanol–water partition coefficient (Wildman–Crippen LogP) is 1.98. The van der Waals surface area contributed by atoms with Crippen LogP contribution in [-0.2, 0) is 10.0 Å². The standard InChI is InChI=1S/C16H13N7O3S/c24-27(25,16-8-18-9-21-16)22-12-1-3-13(4-2-12)26-15-7-14(19-10-20-15)23-6-5-17-11-23/h1-11,22H,(H,18,21). The monoisotopic (exact) mass is 383 g/mol. The van der Waals surface area contributed by atoms with Crippen molar-refractivity contribution in [2.45, 2.75) is 5.03 Å². The van der Waals surface area contributed by atoms with Crippen molar-refractivity contribution < 1.29 is 13.2 Å². The zero-order valence-electron chi connectivity index (χ0n) is 13.7. The van der Waals surface area contributed by atoms with Gasteiger partial charge in [0.25, 0.3) is 10.0 Å². The third kappa shape index (κ3) is 3.77. The minimum atomic E-state index is -3.71. The van der Waals surface area contributed by atoms with Crippen LogP contribution in [0.1, 0.15) is 0 Å². The Morgan fingerprint density at radius 1 is 1.11 bits per heavy atom. The van der Waals surface area contributed by atoms with Gasteiger partial charge in [-0.15, -0.1) is 0 Å². The Balaban J connectivity index is 1.48. The Morgan fingerprint density at radius 2 is 1.96 bits per heavy atom. The van der Waals surface area contributed by atoms with Gasteiger partial charge in [0.1, 0.15) is 24.2 Å². The largest absolute Gasteiger partial charge is 0.439 e. The summed E-state index contributed by atoms with van der Waals surface area (Å²) in [5.41, 5.74) is 0.388. The van der Waals surface area contributed by atoms with E-state index in [2.05, 4.69) is 29.6 Å². The maximum atomic E-state index is 12.2. The van der Waals surface area contributed by atoms with Crippen LogP contribution >= 0.6 is 0 Å². The summed E-state index contributed by atoms with van der Waals surface area (Å²) < 4.78 is 34.2. The number of nitrogens with zero attached hydrogens (tertiary/aromatic N) is 5. The fourth-order valence-electron chi connectivity index (χ4n) is 2.23. The molecule has 3 aromatic heterocycles. The molecular formula is C16H13N7O3S. The molecule has 4 aromatic rings. The van der Waals surface area contributed by atoms with E-state index in [-0.39, 0.29) is 5.03 Å². The molecule has 0 saturated heterocycles. The summed E-state index contributed by atoms with van der Waals surface area (Å²) in [6, 6.07) is 8.09. The van der Waals surface area contributed by atoms with Crippen LogP contribution in [0.25, 0.3) is 5.82 Å². The number of H-pyrrole nitrogens is 1. The maximum absolute atomic E-state index is 12.2. The van der Waals surface area contributed by atoms with Crippen molar-refractivity contribution in [3.8, 4) is 17.4 Å². The normalized spacial score (nSPS) is 11.3. The molecule has 0 atom stereocenters. The molecule has 2 N–H and O–H groups in total. The molecule has 0 bridgehead atoms. The molecule has 10 nitrogen and oxygen atoms in total. The fraction of sp³-hybridized carbons (Fsp3) is 0. The Bertz CT molecular complexity index is 1130. The quantitative estimate of drug-likeness (QED) is 0.521. The smallest absolute Gasteiger partial charge is 0.278 e. The lowest BCUT2D eigenvalue weighted by molar-refractivity contribution is 0.461. The second-order valence-electron chi connectivity index (χ2n) is 5.33. The Labute approximate surface area is 154 Å². The average Bonchev–Trinajstić information content (AvgIpc) is 3.38. The summed E-state index contributed by atoms with van der Waals surface area (Å²) >= 11 is 0. The summed E-state index contributed by atoms with van der Waals surface area (Å²) in [5.74, 6) is 1.45. The van der Waals surface area contributed by atoms with Gasteiger partial charge >= 0.3 is 0 Å². The number of imidazole rings is 2. The number of hydrogen-bond acceptors (Lipinski definition) is 7. The molecule has 0 fully saturated rings. The summed E-state index contributed by atoms with van der Waals surface area (Å²) in [6.45, 7) is 0. The molecule has 0 aliphatic heterocycles. The van der Waals surface area contributed by atoms with Gasteiger partial charge in [0.2, 0.25) is 5.88 Å². The van der Waals surface area contributed by atoms with Gasteiger partial charge in [0.15, 0.2) is 5.03 Å². The van der Waals surface area contributed by atoms with Crippen LogP contribution in [0.15, 0.2) is 72.9 Å². The van der Waals surface area contributed by atoms with Gasteiger partial charge in [0, 0.05) is 24.1 Å². The molecule has 0 aliphatic rings. The van der Waals surface area contributed by atoms with Crippen LogP contribution < -0.4 is 9.46 Å². The highest BCUT2D eigenvalue weighted by Gasteiger charge is 2.15. The molecule has 0 spiro atoms. The molecule has 0 amide bonds. The summed E-state index contributed by atoms with van der Waals surface area (Å²) in [6.07, 6.45) is 8.93. The summed E-state index contributed by atoms with van der Waals surface area (Å²) in [5, 5.41) is -0.0177. The van der Waals surface area contributed by atoms with Gasteiger partial charge in [0.05, 0.1) is 12.5 Å². The van der Waals surface area contributed by atoms with E-state index >= 15 is 0 Å². The lowest BCUT2D eigenvalue weighted by Crippen LogP contribution is -2.13. The molecule has 3 heterocycles. The first-order valence-corrected chi connectivity index (χ1v) is 9.18.